The average Bonchev–Trinajstić information content (AvgIpc) is 2.72. The Morgan fingerprint density at radius 2 is 2.06 bits per heavy atom. The van der Waals surface area contributed by atoms with E-state index in [-0.39, 0.29) is 6.42 Å². The first kappa shape index (κ1) is 12.8. The Balaban J connectivity index is 2.10. The first-order valence-corrected chi connectivity index (χ1v) is 6.72. The minimum Gasteiger partial charge on any atom is -0.481 e. The highest BCUT2D eigenvalue weighted by Gasteiger charge is 2.09. The third-order valence-corrected chi connectivity index (χ3v) is 3.97. The van der Waals surface area contributed by atoms with Crippen LogP contribution in [0.15, 0.2) is 30.3 Å². The molecule has 0 aliphatic heterocycles. The van der Waals surface area contributed by atoms with E-state index in [0.717, 1.165) is 22.7 Å². The van der Waals surface area contributed by atoms with Crippen molar-refractivity contribution in [2.75, 3.05) is 0 Å². The molecule has 0 unspecified atom stereocenters. The van der Waals surface area contributed by atoms with Crippen LogP contribution in [0.25, 0.3) is 10.6 Å². The molecule has 0 aliphatic rings. The molecule has 0 spiro atoms. The van der Waals surface area contributed by atoms with E-state index < -0.39 is 5.97 Å². The summed E-state index contributed by atoms with van der Waals surface area (Å²) in [6.45, 7) is 1.99. The second-order valence-corrected chi connectivity index (χ2v) is 5.22. The monoisotopic (exact) mass is 261 g/mol. The number of hydrogen-bond donors (Lipinski definition) is 1. The Labute approximate surface area is 110 Å². The van der Waals surface area contributed by atoms with Crippen LogP contribution in [0, 0.1) is 6.92 Å². The van der Waals surface area contributed by atoms with Crippen molar-refractivity contribution in [1.82, 2.24) is 4.98 Å². The number of aryl methyl sites for hydroxylation is 2. The molecular weight excluding hydrogens is 246 g/mol. The van der Waals surface area contributed by atoms with Crippen LogP contribution in [0.2, 0.25) is 0 Å². The predicted molar refractivity (Wildman–Crippen MR) is 72.9 cm³/mol. The quantitative estimate of drug-likeness (QED) is 0.895. The van der Waals surface area contributed by atoms with Gasteiger partial charge in [-0.05, 0) is 19.8 Å². The lowest BCUT2D eigenvalue weighted by atomic mass is 10.2. The molecule has 3 nitrogen and oxygen atoms in total. The van der Waals surface area contributed by atoms with Gasteiger partial charge >= 0.3 is 5.97 Å². The van der Waals surface area contributed by atoms with Crippen LogP contribution in [0.1, 0.15) is 23.4 Å². The van der Waals surface area contributed by atoms with Crippen LogP contribution >= 0.6 is 11.3 Å². The van der Waals surface area contributed by atoms with Crippen LogP contribution in [0.4, 0.5) is 0 Å². The molecular formula is C14H15NO2S. The van der Waals surface area contributed by atoms with Gasteiger partial charge in [0.15, 0.2) is 0 Å². The number of carbonyl (C=O) groups is 1. The number of thiazole rings is 1. The molecule has 1 aromatic heterocycles. The third kappa shape index (κ3) is 3.17. The van der Waals surface area contributed by atoms with Crippen molar-refractivity contribution in [1.29, 1.82) is 0 Å². The summed E-state index contributed by atoms with van der Waals surface area (Å²) in [6, 6.07) is 10.1. The Kier molecular flexibility index (Phi) is 4.10. The third-order valence-electron chi connectivity index (χ3n) is 2.71. The van der Waals surface area contributed by atoms with E-state index in [0.29, 0.717) is 6.42 Å². The van der Waals surface area contributed by atoms with Gasteiger partial charge in [-0.1, -0.05) is 30.3 Å². The number of aromatic nitrogens is 1. The number of carboxylic acid groups (broad SMARTS) is 1. The molecule has 18 heavy (non-hydrogen) atoms. The fraction of sp³-hybridized carbons (Fsp3) is 0.286. The largest absolute Gasteiger partial charge is 0.481 e. The molecule has 2 aromatic rings. The number of nitrogens with zero attached hydrogens (tertiary/aromatic N) is 1. The zero-order valence-corrected chi connectivity index (χ0v) is 11.0. The molecule has 4 heteroatoms. The van der Waals surface area contributed by atoms with E-state index in [9.17, 15) is 4.79 Å². The Bertz CT molecular complexity index is 534. The molecule has 0 saturated heterocycles. The van der Waals surface area contributed by atoms with E-state index in [1.807, 2.05) is 37.3 Å². The minimum absolute atomic E-state index is 0.220. The summed E-state index contributed by atoms with van der Waals surface area (Å²) in [4.78, 5) is 16.2. The second kappa shape index (κ2) is 5.78. The highest BCUT2D eigenvalue weighted by atomic mass is 32.1. The number of rotatable bonds is 5. The van der Waals surface area contributed by atoms with Gasteiger partial charge in [0.2, 0.25) is 0 Å². The molecule has 0 radical (unpaired) electrons. The Hall–Kier alpha value is -1.68. The van der Waals surface area contributed by atoms with E-state index >= 15 is 0 Å². The highest BCUT2D eigenvalue weighted by molar-refractivity contribution is 7.15. The lowest BCUT2D eigenvalue weighted by Gasteiger charge is -1.95. The maximum atomic E-state index is 10.5. The van der Waals surface area contributed by atoms with Gasteiger partial charge in [0, 0.05) is 16.9 Å². The first-order chi connectivity index (χ1) is 8.66. The maximum absolute atomic E-state index is 10.5. The van der Waals surface area contributed by atoms with Gasteiger partial charge in [0.25, 0.3) is 0 Å². The average molecular weight is 261 g/mol. The van der Waals surface area contributed by atoms with E-state index in [4.69, 9.17) is 5.11 Å². The highest BCUT2D eigenvalue weighted by Crippen LogP contribution is 2.28. The van der Waals surface area contributed by atoms with Crippen molar-refractivity contribution in [3.05, 3.63) is 40.9 Å². The van der Waals surface area contributed by atoms with Gasteiger partial charge in [-0.15, -0.1) is 11.3 Å². The van der Waals surface area contributed by atoms with E-state index in [1.165, 1.54) is 4.88 Å². The fourth-order valence-corrected chi connectivity index (χ4v) is 2.87. The number of hydrogen-bond acceptors (Lipinski definition) is 3. The molecule has 0 saturated carbocycles. The van der Waals surface area contributed by atoms with E-state index in [2.05, 4.69) is 4.98 Å². The van der Waals surface area contributed by atoms with Crippen LogP contribution < -0.4 is 0 Å². The van der Waals surface area contributed by atoms with Gasteiger partial charge in [-0.3, -0.25) is 4.79 Å². The van der Waals surface area contributed by atoms with Crippen molar-refractivity contribution in [3.8, 4) is 10.6 Å². The summed E-state index contributed by atoms with van der Waals surface area (Å²) in [5, 5.41) is 9.64. The second-order valence-electron chi connectivity index (χ2n) is 4.14. The zero-order valence-electron chi connectivity index (χ0n) is 10.2. The molecule has 0 aliphatic carbocycles. The molecule has 0 fully saturated rings. The topological polar surface area (TPSA) is 50.2 Å². The maximum Gasteiger partial charge on any atom is 0.303 e. The molecule has 1 N–H and O–H groups in total. The van der Waals surface area contributed by atoms with Crippen molar-refractivity contribution < 1.29 is 9.90 Å². The number of aliphatic carboxylic acids is 1. The Morgan fingerprint density at radius 3 is 2.72 bits per heavy atom. The normalized spacial score (nSPS) is 10.5. The molecule has 0 atom stereocenters. The SMILES string of the molecule is Cc1nc(-c2ccccc2)sc1CCCC(=O)O. The molecule has 1 aromatic carbocycles. The molecule has 1 heterocycles. The lowest BCUT2D eigenvalue weighted by Crippen LogP contribution is -1.95. The standard InChI is InChI=1S/C14H15NO2S/c1-10-12(8-5-9-13(16)17)18-14(15-10)11-6-3-2-4-7-11/h2-4,6-7H,5,8-9H2,1H3,(H,16,17). The molecule has 2 rings (SSSR count). The predicted octanol–water partition coefficient (Wildman–Crippen LogP) is 3.53. The lowest BCUT2D eigenvalue weighted by molar-refractivity contribution is -0.137. The summed E-state index contributed by atoms with van der Waals surface area (Å²) in [7, 11) is 0. The summed E-state index contributed by atoms with van der Waals surface area (Å²) < 4.78 is 0. The van der Waals surface area contributed by atoms with Gasteiger partial charge in [-0.25, -0.2) is 4.98 Å². The molecule has 0 bridgehead atoms. The van der Waals surface area contributed by atoms with Crippen LogP contribution in [0.3, 0.4) is 0 Å². The molecule has 94 valence electrons. The van der Waals surface area contributed by atoms with Gasteiger partial charge in [-0.2, -0.15) is 0 Å². The van der Waals surface area contributed by atoms with Crippen LogP contribution in [-0.2, 0) is 11.2 Å². The van der Waals surface area contributed by atoms with Crippen LogP contribution in [0.5, 0.6) is 0 Å². The van der Waals surface area contributed by atoms with Crippen molar-refractivity contribution in [2.24, 2.45) is 0 Å². The number of benzene rings is 1. The van der Waals surface area contributed by atoms with Crippen molar-refractivity contribution in [2.45, 2.75) is 26.2 Å². The molecule has 0 amide bonds. The van der Waals surface area contributed by atoms with Gasteiger partial charge in [0.05, 0.1) is 5.69 Å². The summed E-state index contributed by atoms with van der Waals surface area (Å²) in [5.74, 6) is -0.736. The van der Waals surface area contributed by atoms with Crippen molar-refractivity contribution >= 4 is 17.3 Å². The van der Waals surface area contributed by atoms with Gasteiger partial charge in [0.1, 0.15) is 5.01 Å². The fourth-order valence-electron chi connectivity index (χ4n) is 1.76. The first-order valence-electron chi connectivity index (χ1n) is 5.90. The van der Waals surface area contributed by atoms with Gasteiger partial charge < -0.3 is 5.11 Å². The van der Waals surface area contributed by atoms with Crippen LogP contribution in [-0.4, -0.2) is 16.1 Å². The van der Waals surface area contributed by atoms with Crippen molar-refractivity contribution in [3.63, 3.8) is 0 Å². The summed E-state index contributed by atoms with van der Waals surface area (Å²) >= 11 is 1.66. The Morgan fingerprint density at radius 1 is 1.33 bits per heavy atom. The smallest absolute Gasteiger partial charge is 0.303 e. The summed E-state index contributed by atoms with van der Waals surface area (Å²) in [6.07, 6.45) is 1.69. The summed E-state index contributed by atoms with van der Waals surface area (Å²) in [5.41, 5.74) is 2.14. The van der Waals surface area contributed by atoms with E-state index in [1.54, 1.807) is 11.3 Å². The number of carboxylic acids is 1. The zero-order chi connectivity index (χ0) is 13.0. The minimum atomic E-state index is -0.736.